The minimum absolute atomic E-state index is 0.00338. The molecule has 7 heteroatoms. The van der Waals surface area contributed by atoms with Crippen LogP contribution in [-0.2, 0) is 0 Å². The summed E-state index contributed by atoms with van der Waals surface area (Å²) in [6.07, 6.45) is 1.61. The van der Waals surface area contributed by atoms with Crippen LogP contribution in [0.4, 0.5) is 5.69 Å². The van der Waals surface area contributed by atoms with Crippen LogP contribution in [0, 0.1) is 0 Å². The molecule has 2 aliphatic rings. The van der Waals surface area contributed by atoms with Crippen molar-refractivity contribution >= 4 is 11.6 Å². The molecule has 1 N–H and O–H groups in total. The van der Waals surface area contributed by atoms with Gasteiger partial charge in [0.15, 0.2) is 11.5 Å². The molecule has 7 nitrogen and oxygen atoms in total. The standard InChI is InChI=1S/C22H22N4O3/c27-22(26-10-8-25(9-11-26)17-4-2-1-3-5-17)18-15-23-24-21(18)16-6-7-19-20(14-16)29-13-12-28-19/h1-7,14-15H,8-13H2,(H,23,24). The lowest BCUT2D eigenvalue weighted by Gasteiger charge is -2.36. The highest BCUT2D eigenvalue weighted by atomic mass is 16.6. The number of piperazine rings is 1. The number of aromatic nitrogens is 2. The lowest BCUT2D eigenvalue weighted by Crippen LogP contribution is -2.48. The van der Waals surface area contributed by atoms with Gasteiger partial charge in [0.2, 0.25) is 0 Å². The van der Waals surface area contributed by atoms with Crippen LogP contribution in [-0.4, -0.2) is 60.4 Å². The van der Waals surface area contributed by atoms with E-state index in [0.29, 0.717) is 43.3 Å². The molecule has 0 saturated carbocycles. The van der Waals surface area contributed by atoms with Crippen LogP contribution in [0.1, 0.15) is 10.4 Å². The van der Waals surface area contributed by atoms with Gasteiger partial charge in [-0.1, -0.05) is 18.2 Å². The number of carbonyl (C=O) groups is 1. The van der Waals surface area contributed by atoms with Crippen molar-refractivity contribution in [2.75, 3.05) is 44.3 Å². The summed E-state index contributed by atoms with van der Waals surface area (Å²) >= 11 is 0. The number of nitrogens with zero attached hydrogens (tertiary/aromatic N) is 3. The number of rotatable bonds is 3. The topological polar surface area (TPSA) is 70.7 Å². The second kappa shape index (κ2) is 7.50. The molecular weight excluding hydrogens is 368 g/mol. The molecule has 29 heavy (non-hydrogen) atoms. The molecule has 2 aliphatic heterocycles. The van der Waals surface area contributed by atoms with Gasteiger partial charge in [0, 0.05) is 37.4 Å². The number of amides is 1. The number of carbonyl (C=O) groups excluding carboxylic acids is 1. The fourth-order valence-corrected chi connectivity index (χ4v) is 3.84. The Hall–Kier alpha value is -3.48. The van der Waals surface area contributed by atoms with Crippen LogP contribution >= 0.6 is 0 Å². The monoisotopic (exact) mass is 390 g/mol. The van der Waals surface area contributed by atoms with Gasteiger partial charge in [-0.2, -0.15) is 5.10 Å². The minimum atomic E-state index is -0.00338. The number of nitrogens with one attached hydrogen (secondary N) is 1. The summed E-state index contributed by atoms with van der Waals surface area (Å²) in [7, 11) is 0. The number of hydrogen-bond donors (Lipinski definition) is 1. The van der Waals surface area contributed by atoms with Crippen LogP contribution in [0.15, 0.2) is 54.7 Å². The van der Waals surface area contributed by atoms with E-state index in [2.05, 4.69) is 27.2 Å². The van der Waals surface area contributed by atoms with E-state index in [1.165, 1.54) is 5.69 Å². The van der Waals surface area contributed by atoms with E-state index in [1.807, 2.05) is 41.3 Å². The van der Waals surface area contributed by atoms with Crippen LogP contribution in [0.25, 0.3) is 11.3 Å². The normalized spacial score (nSPS) is 16.0. The number of para-hydroxylation sites is 1. The predicted molar refractivity (Wildman–Crippen MR) is 110 cm³/mol. The Labute approximate surface area is 168 Å². The molecule has 0 unspecified atom stereocenters. The number of anilines is 1. The number of fused-ring (bicyclic) bond motifs is 1. The van der Waals surface area contributed by atoms with E-state index in [1.54, 1.807) is 6.20 Å². The maximum atomic E-state index is 13.2. The average Bonchev–Trinajstić information content (AvgIpc) is 3.29. The SMILES string of the molecule is O=C(c1cn[nH]c1-c1ccc2c(c1)OCCO2)N1CCN(c2ccccc2)CC1. The molecule has 1 fully saturated rings. The first-order valence-corrected chi connectivity index (χ1v) is 9.82. The molecule has 2 aromatic carbocycles. The highest BCUT2D eigenvalue weighted by Crippen LogP contribution is 2.35. The van der Waals surface area contributed by atoms with E-state index in [-0.39, 0.29) is 5.91 Å². The Kier molecular flexibility index (Phi) is 4.56. The molecule has 5 rings (SSSR count). The van der Waals surface area contributed by atoms with Gasteiger partial charge < -0.3 is 19.3 Å². The summed E-state index contributed by atoms with van der Waals surface area (Å²) in [5.74, 6) is 1.42. The Morgan fingerprint density at radius 3 is 2.48 bits per heavy atom. The van der Waals surface area contributed by atoms with Gasteiger partial charge in [-0.05, 0) is 30.3 Å². The molecule has 0 aliphatic carbocycles. The Bertz CT molecular complexity index is 1010. The Morgan fingerprint density at radius 1 is 0.931 bits per heavy atom. The Balaban J connectivity index is 1.33. The number of hydrogen-bond acceptors (Lipinski definition) is 5. The Morgan fingerprint density at radius 2 is 1.69 bits per heavy atom. The van der Waals surface area contributed by atoms with Gasteiger partial charge in [-0.15, -0.1) is 0 Å². The lowest BCUT2D eigenvalue weighted by atomic mass is 10.1. The van der Waals surface area contributed by atoms with Crippen molar-refractivity contribution in [3.63, 3.8) is 0 Å². The number of ether oxygens (including phenoxy) is 2. The van der Waals surface area contributed by atoms with E-state index in [0.717, 1.165) is 24.4 Å². The molecule has 3 aromatic rings. The molecule has 0 atom stereocenters. The van der Waals surface area contributed by atoms with Gasteiger partial charge in [0.25, 0.3) is 5.91 Å². The van der Waals surface area contributed by atoms with Crippen molar-refractivity contribution in [1.29, 1.82) is 0 Å². The van der Waals surface area contributed by atoms with E-state index < -0.39 is 0 Å². The zero-order chi connectivity index (χ0) is 19.6. The number of aromatic amines is 1. The molecule has 0 spiro atoms. The molecule has 1 saturated heterocycles. The number of benzene rings is 2. The fraction of sp³-hybridized carbons (Fsp3) is 0.273. The van der Waals surface area contributed by atoms with Gasteiger partial charge in [-0.3, -0.25) is 9.89 Å². The zero-order valence-corrected chi connectivity index (χ0v) is 16.0. The van der Waals surface area contributed by atoms with Gasteiger partial charge >= 0.3 is 0 Å². The van der Waals surface area contributed by atoms with E-state index in [4.69, 9.17) is 9.47 Å². The largest absolute Gasteiger partial charge is 0.486 e. The fourth-order valence-electron chi connectivity index (χ4n) is 3.84. The molecule has 1 aromatic heterocycles. The van der Waals surface area contributed by atoms with E-state index in [9.17, 15) is 4.79 Å². The molecule has 0 bridgehead atoms. The quantitative estimate of drug-likeness (QED) is 0.745. The predicted octanol–water partition coefficient (Wildman–Crippen LogP) is 2.81. The van der Waals surface area contributed by atoms with Crippen LogP contribution in [0.2, 0.25) is 0 Å². The zero-order valence-electron chi connectivity index (χ0n) is 16.0. The van der Waals surface area contributed by atoms with E-state index >= 15 is 0 Å². The first-order valence-electron chi connectivity index (χ1n) is 9.82. The maximum absolute atomic E-state index is 13.2. The summed E-state index contributed by atoms with van der Waals surface area (Å²) in [6.45, 7) is 4.06. The smallest absolute Gasteiger partial charge is 0.257 e. The second-order valence-electron chi connectivity index (χ2n) is 7.13. The molecule has 0 radical (unpaired) electrons. The first kappa shape index (κ1) is 17.6. The molecule has 1 amide bonds. The summed E-state index contributed by atoms with van der Waals surface area (Å²) < 4.78 is 11.3. The third-order valence-electron chi connectivity index (χ3n) is 5.39. The van der Waals surface area contributed by atoms with Crippen molar-refractivity contribution in [2.45, 2.75) is 0 Å². The van der Waals surface area contributed by atoms with Crippen LogP contribution < -0.4 is 14.4 Å². The molecule has 3 heterocycles. The lowest BCUT2D eigenvalue weighted by molar-refractivity contribution is 0.0747. The summed E-state index contributed by atoms with van der Waals surface area (Å²) in [5.41, 5.74) is 3.34. The van der Waals surface area contributed by atoms with Crippen molar-refractivity contribution in [3.8, 4) is 22.8 Å². The van der Waals surface area contributed by atoms with Crippen molar-refractivity contribution in [1.82, 2.24) is 15.1 Å². The highest BCUT2D eigenvalue weighted by molar-refractivity contribution is 6.00. The molecular formula is C22H22N4O3. The number of H-pyrrole nitrogens is 1. The van der Waals surface area contributed by atoms with Crippen molar-refractivity contribution in [2.24, 2.45) is 0 Å². The average molecular weight is 390 g/mol. The van der Waals surface area contributed by atoms with Crippen LogP contribution in [0.5, 0.6) is 11.5 Å². The summed E-state index contributed by atoms with van der Waals surface area (Å²) in [4.78, 5) is 17.4. The van der Waals surface area contributed by atoms with Gasteiger partial charge in [-0.25, -0.2) is 0 Å². The minimum Gasteiger partial charge on any atom is -0.486 e. The molecule has 148 valence electrons. The van der Waals surface area contributed by atoms with Crippen molar-refractivity contribution in [3.05, 3.63) is 60.3 Å². The third kappa shape index (κ3) is 3.40. The van der Waals surface area contributed by atoms with Gasteiger partial charge in [0.1, 0.15) is 13.2 Å². The van der Waals surface area contributed by atoms with Crippen LogP contribution in [0.3, 0.4) is 0 Å². The van der Waals surface area contributed by atoms with Crippen molar-refractivity contribution < 1.29 is 14.3 Å². The summed E-state index contributed by atoms with van der Waals surface area (Å²) in [6, 6.07) is 16.0. The third-order valence-corrected chi connectivity index (χ3v) is 5.39. The summed E-state index contributed by atoms with van der Waals surface area (Å²) in [5, 5.41) is 7.11. The van der Waals surface area contributed by atoms with Gasteiger partial charge in [0.05, 0.1) is 17.5 Å². The first-order chi connectivity index (χ1) is 14.3. The maximum Gasteiger partial charge on any atom is 0.257 e. The highest BCUT2D eigenvalue weighted by Gasteiger charge is 2.26. The second-order valence-corrected chi connectivity index (χ2v) is 7.13.